The van der Waals surface area contributed by atoms with Gasteiger partial charge in [-0.2, -0.15) is 0 Å². The van der Waals surface area contributed by atoms with Crippen LogP contribution in [0.15, 0.2) is 24.3 Å². The van der Waals surface area contributed by atoms with Crippen LogP contribution in [0, 0.1) is 10.1 Å². The van der Waals surface area contributed by atoms with Crippen molar-refractivity contribution in [1.29, 1.82) is 0 Å². The number of aliphatic hydroxyl groups is 1. The molecule has 1 aliphatic heterocycles. The Morgan fingerprint density at radius 2 is 2.29 bits per heavy atom. The van der Waals surface area contributed by atoms with E-state index in [1.165, 1.54) is 6.07 Å². The number of benzene rings is 1. The first-order chi connectivity index (χ1) is 8.22. The minimum atomic E-state index is -0.388. The van der Waals surface area contributed by atoms with Crippen molar-refractivity contribution in [3.63, 3.8) is 0 Å². The van der Waals surface area contributed by atoms with Gasteiger partial charge in [0.1, 0.15) is 0 Å². The smallest absolute Gasteiger partial charge is 0.271 e. The van der Waals surface area contributed by atoms with Gasteiger partial charge in [0.2, 0.25) is 0 Å². The second-order valence-electron chi connectivity index (χ2n) is 4.30. The number of piperidine rings is 1. The summed E-state index contributed by atoms with van der Waals surface area (Å²) in [5, 5.41) is 20.1. The third-order valence-corrected chi connectivity index (χ3v) is 3.21. The molecule has 1 aromatic rings. The highest BCUT2D eigenvalue weighted by atomic mass is 16.6. The predicted octanol–water partition coefficient (Wildman–Crippen LogP) is 1.95. The van der Waals surface area contributed by atoms with E-state index in [9.17, 15) is 15.2 Å². The normalized spacial score (nSPS) is 20.3. The predicted molar refractivity (Wildman–Crippen MR) is 65.2 cm³/mol. The van der Waals surface area contributed by atoms with Crippen LogP contribution in [0.4, 0.5) is 11.4 Å². The van der Waals surface area contributed by atoms with Gasteiger partial charge in [0.05, 0.1) is 17.6 Å². The Morgan fingerprint density at radius 3 is 3.00 bits per heavy atom. The summed E-state index contributed by atoms with van der Waals surface area (Å²) in [5.74, 6) is 0. The van der Waals surface area contributed by atoms with Crippen LogP contribution in [0.5, 0.6) is 0 Å². The van der Waals surface area contributed by atoms with Crippen molar-refractivity contribution >= 4 is 11.4 Å². The van der Waals surface area contributed by atoms with E-state index in [4.69, 9.17) is 0 Å². The van der Waals surface area contributed by atoms with E-state index < -0.39 is 0 Å². The summed E-state index contributed by atoms with van der Waals surface area (Å²) in [7, 11) is 0. The van der Waals surface area contributed by atoms with E-state index in [1.54, 1.807) is 12.1 Å². The molecule has 1 aliphatic rings. The first-order valence-electron chi connectivity index (χ1n) is 5.84. The molecular weight excluding hydrogens is 220 g/mol. The van der Waals surface area contributed by atoms with E-state index >= 15 is 0 Å². The largest absolute Gasteiger partial charge is 0.394 e. The SMILES string of the molecule is O=[N+]([O-])c1cccc(N2CCCCC2CO)c1. The van der Waals surface area contributed by atoms with Crippen molar-refractivity contribution in [3.8, 4) is 0 Å². The second-order valence-corrected chi connectivity index (χ2v) is 4.30. The Balaban J connectivity index is 2.25. The van der Waals surface area contributed by atoms with Gasteiger partial charge in [-0.05, 0) is 25.3 Å². The van der Waals surface area contributed by atoms with Crippen LogP contribution in [0.25, 0.3) is 0 Å². The summed E-state index contributed by atoms with van der Waals surface area (Å²) >= 11 is 0. The Bertz CT molecular complexity index is 408. The number of hydrogen-bond acceptors (Lipinski definition) is 4. The van der Waals surface area contributed by atoms with Gasteiger partial charge in [-0.1, -0.05) is 6.07 Å². The lowest BCUT2D eigenvalue weighted by Crippen LogP contribution is -2.41. The van der Waals surface area contributed by atoms with Crippen molar-refractivity contribution in [1.82, 2.24) is 0 Å². The van der Waals surface area contributed by atoms with E-state index in [0.717, 1.165) is 31.5 Å². The number of nitro benzene ring substituents is 1. The molecule has 1 fully saturated rings. The topological polar surface area (TPSA) is 66.6 Å². The molecule has 0 amide bonds. The number of nitrogens with zero attached hydrogens (tertiary/aromatic N) is 2. The molecule has 92 valence electrons. The van der Waals surface area contributed by atoms with Crippen LogP contribution in [0.1, 0.15) is 19.3 Å². The maximum atomic E-state index is 10.7. The third kappa shape index (κ3) is 2.55. The number of hydrogen-bond donors (Lipinski definition) is 1. The lowest BCUT2D eigenvalue weighted by atomic mass is 10.0. The molecule has 1 saturated heterocycles. The zero-order valence-corrected chi connectivity index (χ0v) is 9.58. The number of non-ortho nitro benzene ring substituents is 1. The standard InChI is InChI=1S/C12H16N2O3/c15-9-12-4-1-2-7-13(12)10-5-3-6-11(8-10)14(16)17/h3,5-6,8,12,15H,1-2,4,7,9H2. The zero-order valence-electron chi connectivity index (χ0n) is 9.58. The number of anilines is 1. The number of nitro groups is 1. The van der Waals surface area contributed by atoms with Crippen molar-refractivity contribution in [3.05, 3.63) is 34.4 Å². The third-order valence-electron chi connectivity index (χ3n) is 3.21. The maximum absolute atomic E-state index is 10.7. The zero-order chi connectivity index (χ0) is 12.3. The molecular formula is C12H16N2O3. The monoisotopic (exact) mass is 236 g/mol. The molecule has 0 aliphatic carbocycles. The van der Waals surface area contributed by atoms with Crippen LogP contribution in [0.3, 0.4) is 0 Å². The van der Waals surface area contributed by atoms with Crippen molar-refractivity contribution < 1.29 is 10.0 Å². The van der Waals surface area contributed by atoms with Gasteiger partial charge in [-0.3, -0.25) is 10.1 Å². The Labute approximate surface area is 99.8 Å². The van der Waals surface area contributed by atoms with Gasteiger partial charge in [-0.25, -0.2) is 0 Å². The first-order valence-corrected chi connectivity index (χ1v) is 5.84. The lowest BCUT2D eigenvalue weighted by molar-refractivity contribution is -0.384. The molecule has 0 radical (unpaired) electrons. The molecule has 2 rings (SSSR count). The second kappa shape index (κ2) is 5.14. The molecule has 1 heterocycles. The highest BCUT2D eigenvalue weighted by Gasteiger charge is 2.22. The van der Waals surface area contributed by atoms with Crippen molar-refractivity contribution in [2.45, 2.75) is 25.3 Å². The number of rotatable bonds is 3. The maximum Gasteiger partial charge on any atom is 0.271 e. The van der Waals surface area contributed by atoms with E-state index in [1.807, 2.05) is 6.07 Å². The van der Waals surface area contributed by atoms with Gasteiger partial charge >= 0.3 is 0 Å². The average molecular weight is 236 g/mol. The molecule has 0 spiro atoms. The molecule has 17 heavy (non-hydrogen) atoms. The molecule has 1 aromatic carbocycles. The van der Waals surface area contributed by atoms with Gasteiger partial charge in [0, 0.05) is 24.4 Å². The Hall–Kier alpha value is -1.62. The average Bonchev–Trinajstić information content (AvgIpc) is 2.39. The summed E-state index contributed by atoms with van der Waals surface area (Å²) in [6, 6.07) is 6.71. The van der Waals surface area contributed by atoms with Crippen LogP contribution >= 0.6 is 0 Å². The fraction of sp³-hybridized carbons (Fsp3) is 0.500. The van der Waals surface area contributed by atoms with Gasteiger partial charge in [0.15, 0.2) is 0 Å². The lowest BCUT2D eigenvalue weighted by Gasteiger charge is -2.36. The summed E-state index contributed by atoms with van der Waals surface area (Å²) in [5.41, 5.74) is 0.933. The van der Waals surface area contributed by atoms with E-state index in [-0.39, 0.29) is 23.3 Å². The summed E-state index contributed by atoms with van der Waals surface area (Å²) in [6.45, 7) is 0.953. The van der Waals surface area contributed by atoms with Gasteiger partial charge in [-0.15, -0.1) is 0 Å². The molecule has 5 nitrogen and oxygen atoms in total. The highest BCUT2D eigenvalue weighted by Crippen LogP contribution is 2.27. The van der Waals surface area contributed by atoms with E-state index in [0.29, 0.717) is 0 Å². The molecule has 0 aromatic heterocycles. The van der Waals surface area contributed by atoms with E-state index in [2.05, 4.69) is 4.90 Å². The molecule has 1 atom stereocenters. The summed E-state index contributed by atoms with van der Waals surface area (Å²) in [6.07, 6.45) is 3.12. The fourth-order valence-electron chi connectivity index (χ4n) is 2.32. The quantitative estimate of drug-likeness (QED) is 0.643. The molecule has 1 unspecified atom stereocenters. The molecule has 0 bridgehead atoms. The minimum absolute atomic E-state index is 0.0887. The van der Waals surface area contributed by atoms with Crippen LogP contribution in [-0.4, -0.2) is 29.2 Å². The summed E-state index contributed by atoms with van der Waals surface area (Å²) < 4.78 is 0. The van der Waals surface area contributed by atoms with Crippen molar-refractivity contribution in [2.75, 3.05) is 18.1 Å². The fourth-order valence-corrected chi connectivity index (χ4v) is 2.32. The molecule has 0 saturated carbocycles. The Morgan fingerprint density at radius 1 is 1.47 bits per heavy atom. The minimum Gasteiger partial charge on any atom is -0.394 e. The van der Waals surface area contributed by atoms with Crippen LogP contribution < -0.4 is 4.90 Å². The highest BCUT2D eigenvalue weighted by molar-refractivity contribution is 5.54. The first kappa shape index (κ1) is 11.9. The van der Waals surface area contributed by atoms with Crippen LogP contribution in [0.2, 0.25) is 0 Å². The van der Waals surface area contributed by atoms with Gasteiger partial charge in [0.25, 0.3) is 5.69 Å². The molecule has 5 heteroatoms. The van der Waals surface area contributed by atoms with Crippen molar-refractivity contribution in [2.24, 2.45) is 0 Å². The van der Waals surface area contributed by atoms with Gasteiger partial charge < -0.3 is 10.0 Å². The summed E-state index contributed by atoms with van der Waals surface area (Å²) in [4.78, 5) is 12.4. The number of aliphatic hydroxyl groups excluding tert-OH is 1. The van der Waals surface area contributed by atoms with Crippen LogP contribution in [-0.2, 0) is 0 Å². The Kier molecular flexibility index (Phi) is 3.58. The molecule has 1 N–H and O–H groups in total.